The Morgan fingerprint density at radius 3 is 2.40 bits per heavy atom. The first-order valence-corrected chi connectivity index (χ1v) is 9.76. The molecule has 0 saturated carbocycles. The first-order valence-electron chi connectivity index (χ1n) is 9.76. The van der Waals surface area contributed by atoms with Crippen LogP contribution in [0.5, 0.6) is 0 Å². The van der Waals surface area contributed by atoms with E-state index in [0.717, 1.165) is 24.5 Å². The number of nitrogens with one attached hydrogen (secondary N) is 1. The fourth-order valence-corrected chi connectivity index (χ4v) is 3.04. The third kappa shape index (κ3) is 5.79. The van der Waals surface area contributed by atoms with Gasteiger partial charge in [0.05, 0.1) is 16.5 Å². The Hall–Kier alpha value is -3.42. The summed E-state index contributed by atoms with van der Waals surface area (Å²) >= 11 is 0. The second kappa shape index (κ2) is 10.4. The van der Waals surface area contributed by atoms with Crippen LogP contribution in [0.1, 0.15) is 48.7 Å². The SMILES string of the molecule is CCC[C@@H](NC(=O)[C@@H](C)OC(=O)c1ccc(N(C)C)c([N+](=O)[O-])c1)c1ccccc1. The third-order valence-corrected chi connectivity index (χ3v) is 4.64. The van der Waals surface area contributed by atoms with E-state index in [4.69, 9.17) is 4.74 Å². The van der Waals surface area contributed by atoms with Gasteiger partial charge in [0, 0.05) is 20.2 Å². The molecule has 0 aliphatic carbocycles. The van der Waals surface area contributed by atoms with Gasteiger partial charge in [0.15, 0.2) is 6.10 Å². The predicted molar refractivity (Wildman–Crippen MR) is 115 cm³/mol. The molecule has 0 unspecified atom stereocenters. The van der Waals surface area contributed by atoms with Crippen LogP contribution in [0.3, 0.4) is 0 Å². The van der Waals surface area contributed by atoms with Gasteiger partial charge in [-0.25, -0.2) is 4.79 Å². The minimum Gasteiger partial charge on any atom is -0.449 e. The van der Waals surface area contributed by atoms with Crippen molar-refractivity contribution < 1.29 is 19.2 Å². The molecule has 0 aliphatic heterocycles. The molecule has 0 radical (unpaired) electrons. The van der Waals surface area contributed by atoms with Crippen LogP contribution in [0.4, 0.5) is 11.4 Å². The molecule has 30 heavy (non-hydrogen) atoms. The van der Waals surface area contributed by atoms with Crippen LogP contribution in [-0.4, -0.2) is 37.0 Å². The Morgan fingerprint density at radius 2 is 1.83 bits per heavy atom. The maximum atomic E-state index is 12.6. The van der Waals surface area contributed by atoms with Crippen molar-refractivity contribution in [1.29, 1.82) is 0 Å². The molecule has 0 aromatic heterocycles. The van der Waals surface area contributed by atoms with Crippen LogP contribution in [0.25, 0.3) is 0 Å². The standard InChI is InChI=1S/C22H27N3O5/c1-5-9-18(16-10-7-6-8-11-16)23-21(26)15(2)30-22(27)17-12-13-19(24(3)4)20(14-17)25(28)29/h6-8,10-15,18H,5,9H2,1-4H3,(H,23,26)/t15-,18-/m1/s1. The molecule has 1 amide bonds. The average molecular weight is 413 g/mol. The van der Waals surface area contributed by atoms with Gasteiger partial charge in [-0.3, -0.25) is 14.9 Å². The molecular formula is C22H27N3O5. The predicted octanol–water partition coefficient (Wildman–Crippen LogP) is 3.86. The molecule has 0 spiro atoms. The van der Waals surface area contributed by atoms with Crippen molar-refractivity contribution in [2.45, 2.75) is 38.8 Å². The van der Waals surface area contributed by atoms with Gasteiger partial charge in [0.2, 0.25) is 0 Å². The van der Waals surface area contributed by atoms with E-state index in [0.29, 0.717) is 5.69 Å². The number of hydrogen-bond donors (Lipinski definition) is 1. The number of esters is 1. The van der Waals surface area contributed by atoms with Crippen molar-refractivity contribution in [1.82, 2.24) is 5.32 Å². The monoisotopic (exact) mass is 413 g/mol. The Kier molecular flexibility index (Phi) is 7.91. The van der Waals surface area contributed by atoms with Gasteiger partial charge in [-0.05, 0) is 31.0 Å². The molecule has 0 heterocycles. The molecule has 0 saturated heterocycles. The van der Waals surface area contributed by atoms with Gasteiger partial charge < -0.3 is 15.0 Å². The van der Waals surface area contributed by atoms with Gasteiger partial charge >= 0.3 is 5.97 Å². The zero-order valence-electron chi connectivity index (χ0n) is 17.6. The molecule has 8 nitrogen and oxygen atoms in total. The van der Waals surface area contributed by atoms with E-state index in [1.807, 2.05) is 37.3 Å². The molecule has 1 N–H and O–H groups in total. The number of carbonyl (C=O) groups is 2. The highest BCUT2D eigenvalue weighted by molar-refractivity contribution is 5.93. The van der Waals surface area contributed by atoms with E-state index >= 15 is 0 Å². The fraction of sp³-hybridized carbons (Fsp3) is 0.364. The van der Waals surface area contributed by atoms with Crippen molar-refractivity contribution in [3.05, 3.63) is 69.8 Å². The summed E-state index contributed by atoms with van der Waals surface area (Å²) in [4.78, 5) is 37.4. The van der Waals surface area contributed by atoms with Crippen molar-refractivity contribution in [2.24, 2.45) is 0 Å². The number of nitro benzene ring substituents is 1. The highest BCUT2D eigenvalue weighted by atomic mass is 16.6. The summed E-state index contributed by atoms with van der Waals surface area (Å²) in [5, 5.41) is 14.2. The minimum atomic E-state index is -1.05. The van der Waals surface area contributed by atoms with Crippen LogP contribution in [0.15, 0.2) is 48.5 Å². The Labute approximate surface area is 176 Å². The van der Waals surface area contributed by atoms with Gasteiger partial charge in [-0.2, -0.15) is 0 Å². The number of amides is 1. The third-order valence-electron chi connectivity index (χ3n) is 4.64. The number of anilines is 1. The zero-order valence-corrected chi connectivity index (χ0v) is 17.6. The maximum absolute atomic E-state index is 12.6. The zero-order chi connectivity index (χ0) is 22.3. The number of ether oxygens (including phenoxy) is 1. The number of nitrogens with zero attached hydrogens (tertiary/aromatic N) is 2. The molecule has 0 bridgehead atoms. The van der Waals surface area contributed by atoms with Crippen molar-refractivity contribution in [3.63, 3.8) is 0 Å². The van der Waals surface area contributed by atoms with Crippen LogP contribution >= 0.6 is 0 Å². The highest BCUT2D eigenvalue weighted by Gasteiger charge is 2.24. The minimum absolute atomic E-state index is 0.0140. The van der Waals surface area contributed by atoms with Crippen molar-refractivity contribution in [2.75, 3.05) is 19.0 Å². The lowest BCUT2D eigenvalue weighted by molar-refractivity contribution is -0.384. The fourth-order valence-electron chi connectivity index (χ4n) is 3.04. The molecule has 0 fully saturated rings. The molecule has 0 aliphatic rings. The van der Waals surface area contributed by atoms with E-state index < -0.39 is 22.9 Å². The average Bonchev–Trinajstić information content (AvgIpc) is 2.73. The van der Waals surface area contributed by atoms with E-state index in [1.54, 1.807) is 19.0 Å². The van der Waals surface area contributed by atoms with Gasteiger partial charge in [-0.1, -0.05) is 43.7 Å². The Morgan fingerprint density at radius 1 is 1.17 bits per heavy atom. The lowest BCUT2D eigenvalue weighted by Crippen LogP contribution is -2.38. The number of benzene rings is 2. The topological polar surface area (TPSA) is 102 Å². The largest absolute Gasteiger partial charge is 0.449 e. The summed E-state index contributed by atoms with van der Waals surface area (Å²) in [6, 6.07) is 13.5. The second-order valence-corrected chi connectivity index (χ2v) is 7.16. The Bertz CT molecular complexity index is 899. The summed E-state index contributed by atoms with van der Waals surface area (Å²) in [5.41, 5.74) is 1.15. The lowest BCUT2D eigenvalue weighted by Gasteiger charge is -2.21. The number of hydrogen-bond acceptors (Lipinski definition) is 6. The van der Waals surface area contributed by atoms with E-state index in [1.165, 1.54) is 19.1 Å². The summed E-state index contributed by atoms with van der Waals surface area (Å²) in [5.74, 6) is -1.22. The summed E-state index contributed by atoms with van der Waals surface area (Å²) in [6.07, 6.45) is 0.568. The van der Waals surface area contributed by atoms with Crippen LogP contribution in [-0.2, 0) is 9.53 Å². The van der Waals surface area contributed by atoms with Crippen LogP contribution in [0, 0.1) is 10.1 Å². The number of nitro groups is 1. The first kappa shape index (κ1) is 22.9. The molecule has 2 atom stereocenters. The lowest BCUT2D eigenvalue weighted by atomic mass is 10.0. The molecule has 160 valence electrons. The van der Waals surface area contributed by atoms with Crippen LogP contribution in [0.2, 0.25) is 0 Å². The maximum Gasteiger partial charge on any atom is 0.339 e. The molecule has 2 rings (SSSR count). The van der Waals surface area contributed by atoms with Gasteiger partial charge in [-0.15, -0.1) is 0 Å². The molecule has 8 heteroatoms. The summed E-state index contributed by atoms with van der Waals surface area (Å²) < 4.78 is 5.26. The van der Waals surface area contributed by atoms with E-state index in [9.17, 15) is 19.7 Å². The van der Waals surface area contributed by atoms with E-state index in [2.05, 4.69) is 5.32 Å². The van der Waals surface area contributed by atoms with Crippen LogP contribution < -0.4 is 10.2 Å². The Balaban J connectivity index is 2.10. The van der Waals surface area contributed by atoms with E-state index in [-0.39, 0.29) is 17.3 Å². The quantitative estimate of drug-likeness (QED) is 0.380. The normalized spacial score (nSPS) is 12.5. The number of rotatable bonds is 9. The van der Waals surface area contributed by atoms with Gasteiger partial charge in [0.25, 0.3) is 11.6 Å². The van der Waals surface area contributed by atoms with Crippen molar-refractivity contribution >= 4 is 23.3 Å². The summed E-state index contributed by atoms with van der Waals surface area (Å²) in [7, 11) is 3.35. The smallest absolute Gasteiger partial charge is 0.339 e. The molecule has 2 aromatic rings. The second-order valence-electron chi connectivity index (χ2n) is 7.16. The van der Waals surface area contributed by atoms with Gasteiger partial charge in [0.1, 0.15) is 5.69 Å². The van der Waals surface area contributed by atoms with Crippen molar-refractivity contribution in [3.8, 4) is 0 Å². The molecule has 2 aromatic carbocycles. The summed E-state index contributed by atoms with van der Waals surface area (Å²) in [6.45, 7) is 3.50. The number of carbonyl (C=O) groups excluding carboxylic acids is 2. The molecular weight excluding hydrogens is 386 g/mol. The highest BCUT2D eigenvalue weighted by Crippen LogP contribution is 2.28. The first-order chi connectivity index (χ1) is 14.2.